The largest absolute Gasteiger partial charge is 0.549 e. The summed E-state index contributed by atoms with van der Waals surface area (Å²) in [7, 11) is 0. The van der Waals surface area contributed by atoms with Crippen molar-refractivity contribution in [1.82, 2.24) is 4.98 Å². The van der Waals surface area contributed by atoms with E-state index in [-0.39, 0.29) is 5.75 Å². The summed E-state index contributed by atoms with van der Waals surface area (Å²) in [5.41, 5.74) is 3.24. The van der Waals surface area contributed by atoms with Crippen molar-refractivity contribution in [1.29, 1.82) is 0 Å². The van der Waals surface area contributed by atoms with E-state index in [1.165, 1.54) is 17.3 Å². The molecule has 0 fully saturated rings. The van der Waals surface area contributed by atoms with Crippen LogP contribution in [0.3, 0.4) is 0 Å². The maximum Gasteiger partial charge on any atom is 0.131 e. The smallest absolute Gasteiger partial charge is 0.131 e. The monoisotopic (exact) mass is 354 g/mol. The van der Waals surface area contributed by atoms with Crippen molar-refractivity contribution in [3.05, 3.63) is 64.7 Å². The molecule has 0 bridgehead atoms. The number of carbonyl (C=O) groups is 1. The second kappa shape index (κ2) is 7.64. The number of carboxylic acid groups (broad SMARTS) is 1. The Morgan fingerprint density at radius 1 is 1.21 bits per heavy atom. The van der Waals surface area contributed by atoms with Crippen molar-refractivity contribution in [3.8, 4) is 0 Å². The third kappa shape index (κ3) is 4.04. The van der Waals surface area contributed by atoms with Crippen molar-refractivity contribution >= 4 is 50.3 Å². The molecule has 1 aromatic heterocycles. The number of aliphatic carboxylic acids is 1. The Bertz CT molecular complexity index is 849. The number of aromatic nitrogens is 1. The number of thioether (sulfide) groups is 1. The second-order valence-electron chi connectivity index (χ2n) is 5.25. The van der Waals surface area contributed by atoms with E-state index in [0.717, 1.165) is 32.1 Å². The molecule has 0 aliphatic rings. The van der Waals surface area contributed by atoms with Gasteiger partial charge in [-0.15, -0.1) is 23.1 Å². The number of carboxylic acids is 1. The Labute approximate surface area is 149 Å². The van der Waals surface area contributed by atoms with E-state index < -0.39 is 5.97 Å². The second-order valence-corrected chi connectivity index (χ2v) is 7.30. The average molecular weight is 354 g/mol. The van der Waals surface area contributed by atoms with Gasteiger partial charge in [0.15, 0.2) is 0 Å². The van der Waals surface area contributed by atoms with Gasteiger partial charge in [-0.3, -0.25) is 0 Å². The first-order valence-electron chi connectivity index (χ1n) is 7.65. The summed E-state index contributed by atoms with van der Waals surface area (Å²) >= 11 is 2.82. The molecule has 5 heteroatoms. The first-order chi connectivity index (χ1) is 11.7. The van der Waals surface area contributed by atoms with Crippen molar-refractivity contribution in [2.75, 3.05) is 5.75 Å². The molecule has 0 spiro atoms. The standard InChI is InChI=1S/C19H17NO2S2/c1-2-13-7-9-14(10-8-13)11-17(23-12-18(21)22)19-20-15-5-3-4-6-16(15)24-19/h3-11H,2,12H2,1H3,(H,21,22)/p-1/b17-11-. The van der Waals surface area contributed by atoms with Crippen LogP contribution < -0.4 is 5.11 Å². The molecule has 0 N–H and O–H groups in total. The molecule has 0 saturated carbocycles. The van der Waals surface area contributed by atoms with Gasteiger partial charge in [0.1, 0.15) is 5.01 Å². The van der Waals surface area contributed by atoms with E-state index in [1.807, 2.05) is 42.5 Å². The summed E-state index contributed by atoms with van der Waals surface area (Å²) < 4.78 is 1.09. The fourth-order valence-electron chi connectivity index (χ4n) is 2.28. The highest BCUT2D eigenvalue weighted by atomic mass is 32.2. The Hall–Kier alpha value is -2.11. The van der Waals surface area contributed by atoms with Gasteiger partial charge in [0, 0.05) is 10.7 Å². The van der Waals surface area contributed by atoms with Gasteiger partial charge in [-0.05, 0) is 35.8 Å². The van der Waals surface area contributed by atoms with Gasteiger partial charge in [0.05, 0.1) is 16.2 Å². The van der Waals surface area contributed by atoms with Crippen LogP contribution in [0.25, 0.3) is 21.2 Å². The number of aryl methyl sites for hydroxylation is 1. The lowest BCUT2D eigenvalue weighted by molar-refractivity contribution is -0.301. The number of nitrogens with zero attached hydrogens (tertiary/aromatic N) is 1. The normalized spacial score (nSPS) is 11.8. The summed E-state index contributed by atoms with van der Waals surface area (Å²) in [6.07, 6.45) is 2.99. The highest BCUT2D eigenvalue weighted by Crippen LogP contribution is 2.35. The quantitative estimate of drug-likeness (QED) is 0.675. The maximum absolute atomic E-state index is 10.9. The Kier molecular flexibility index (Phi) is 5.33. The van der Waals surface area contributed by atoms with E-state index in [1.54, 1.807) is 11.3 Å². The molecule has 1 heterocycles. The molecule has 0 radical (unpaired) electrons. The molecule has 122 valence electrons. The third-order valence-corrected chi connectivity index (χ3v) is 5.74. The number of benzene rings is 2. The molecule has 0 saturated heterocycles. The van der Waals surface area contributed by atoms with Crippen LogP contribution in [-0.2, 0) is 11.2 Å². The zero-order chi connectivity index (χ0) is 16.9. The lowest BCUT2D eigenvalue weighted by Crippen LogP contribution is -2.24. The van der Waals surface area contributed by atoms with Crippen LogP contribution in [0, 0.1) is 0 Å². The average Bonchev–Trinajstić information content (AvgIpc) is 3.03. The number of para-hydroxylation sites is 1. The van der Waals surface area contributed by atoms with E-state index in [0.29, 0.717) is 0 Å². The Morgan fingerprint density at radius 2 is 1.96 bits per heavy atom. The summed E-state index contributed by atoms with van der Waals surface area (Å²) in [6, 6.07) is 16.2. The SMILES string of the molecule is CCc1ccc(/C=C(\SCC(=O)[O-])c2nc3ccccc3s2)cc1. The van der Waals surface area contributed by atoms with E-state index >= 15 is 0 Å². The van der Waals surface area contributed by atoms with E-state index in [2.05, 4.69) is 24.0 Å². The van der Waals surface area contributed by atoms with Gasteiger partial charge < -0.3 is 9.90 Å². The van der Waals surface area contributed by atoms with Crippen LogP contribution >= 0.6 is 23.1 Å². The van der Waals surface area contributed by atoms with Crippen LogP contribution in [0.2, 0.25) is 0 Å². The van der Waals surface area contributed by atoms with Crippen LogP contribution in [0.5, 0.6) is 0 Å². The molecule has 24 heavy (non-hydrogen) atoms. The van der Waals surface area contributed by atoms with Gasteiger partial charge in [-0.25, -0.2) is 4.98 Å². The Balaban J connectivity index is 1.97. The molecule has 0 unspecified atom stereocenters. The van der Waals surface area contributed by atoms with E-state index in [4.69, 9.17) is 0 Å². The summed E-state index contributed by atoms with van der Waals surface area (Å²) in [4.78, 5) is 16.4. The molecule has 3 aromatic rings. The summed E-state index contributed by atoms with van der Waals surface area (Å²) in [5, 5.41) is 11.7. The molecule has 3 rings (SSSR count). The van der Waals surface area contributed by atoms with Gasteiger partial charge in [-0.2, -0.15) is 0 Å². The van der Waals surface area contributed by atoms with Gasteiger partial charge in [-0.1, -0.05) is 43.3 Å². The predicted octanol–water partition coefficient (Wildman–Crippen LogP) is 3.84. The van der Waals surface area contributed by atoms with Crippen LogP contribution in [-0.4, -0.2) is 16.7 Å². The Morgan fingerprint density at radius 3 is 2.62 bits per heavy atom. The number of thiazole rings is 1. The van der Waals surface area contributed by atoms with Crippen molar-refractivity contribution < 1.29 is 9.90 Å². The summed E-state index contributed by atoms with van der Waals surface area (Å²) in [6.45, 7) is 2.12. The number of fused-ring (bicyclic) bond motifs is 1. The van der Waals surface area contributed by atoms with Gasteiger partial charge in [0.25, 0.3) is 0 Å². The highest BCUT2D eigenvalue weighted by molar-refractivity contribution is 8.09. The molecule has 0 atom stereocenters. The first kappa shape index (κ1) is 16.7. The van der Waals surface area contributed by atoms with Crippen LogP contribution in [0.1, 0.15) is 23.1 Å². The zero-order valence-electron chi connectivity index (χ0n) is 13.2. The minimum atomic E-state index is -1.08. The van der Waals surface area contributed by atoms with Crippen molar-refractivity contribution in [2.45, 2.75) is 13.3 Å². The third-order valence-electron chi connectivity index (χ3n) is 3.54. The van der Waals surface area contributed by atoms with Crippen LogP contribution in [0.15, 0.2) is 48.5 Å². The lowest BCUT2D eigenvalue weighted by Gasteiger charge is -2.06. The van der Waals surface area contributed by atoms with Crippen molar-refractivity contribution in [3.63, 3.8) is 0 Å². The number of hydrogen-bond donors (Lipinski definition) is 0. The molecule has 0 aliphatic heterocycles. The fourth-order valence-corrected chi connectivity index (χ4v) is 4.12. The van der Waals surface area contributed by atoms with E-state index in [9.17, 15) is 9.90 Å². The number of rotatable bonds is 6. The molecule has 0 amide bonds. The number of carbonyl (C=O) groups excluding carboxylic acids is 1. The molecule has 0 aliphatic carbocycles. The molecule has 3 nitrogen and oxygen atoms in total. The number of hydrogen-bond acceptors (Lipinski definition) is 5. The fraction of sp³-hybridized carbons (Fsp3) is 0.158. The molecular weight excluding hydrogens is 338 g/mol. The zero-order valence-corrected chi connectivity index (χ0v) is 14.8. The first-order valence-corrected chi connectivity index (χ1v) is 9.45. The minimum absolute atomic E-state index is 0.0885. The minimum Gasteiger partial charge on any atom is -0.549 e. The topological polar surface area (TPSA) is 53.0 Å². The maximum atomic E-state index is 10.9. The van der Waals surface area contributed by atoms with Gasteiger partial charge >= 0.3 is 0 Å². The highest BCUT2D eigenvalue weighted by Gasteiger charge is 2.10. The molecular formula is C19H16NO2S2-. The van der Waals surface area contributed by atoms with Crippen molar-refractivity contribution in [2.24, 2.45) is 0 Å². The summed E-state index contributed by atoms with van der Waals surface area (Å²) in [5.74, 6) is -1.16. The van der Waals surface area contributed by atoms with Crippen LogP contribution in [0.4, 0.5) is 0 Å². The lowest BCUT2D eigenvalue weighted by atomic mass is 10.1. The van der Waals surface area contributed by atoms with Gasteiger partial charge in [0.2, 0.25) is 0 Å². The molecule has 2 aromatic carbocycles. The predicted molar refractivity (Wildman–Crippen MR) is 101 cm³/mol.